The van der Waals surface area contributed by atoms with Crippen molar-refractivity contribution in [3.8, 4) is 0 Å². The lowest BCUT2D eigenvalue weighted by Crippen LogP contribution is -2.13. The van der Waals surface area contributed by atoms with Crippen LogP contribution in [0, 0.1) is 5.92 Å². The van der Waals surface area contributed by atoms with Crippen LogP contribution >= 0.6 is 0 Å². The van der Waals surface area contributed by atoms with E-state index in [1.165, 1.54) is 28.2 Å². The quantitative estimate of drug-likeness (QED) is 0.587. The molecular weight excluding hydrogens is 230 g/mol. The van der Waals surface area contributed by atoms with Crippen molar-refractivity contribution in [2.45, 2.75) is 33.2 Å². The van der Waals surface area contributed by atoms with Crippen LogP contribution < -0.4 is 0 Å². The van der Waals surface area contributed by atoms with Gasteiger partial charge in [0.25, 0.3) is 0 Å². The second-order valence-electron chi connectivity index (χ2n) is 5.53. The van der Waals surface area contributed by atoms with Gasteiger partial charge in [0.15, 0.2) is 0 Å². The predicted octanol–water partition coefficient (Wildman–Crippen LogP) is 5.40. The van der Waals surface area contributed by atoms with Gasteiger partial charge in [-0.3, -0.25) is 0 Å². The molecule has 0 aliphatic heterocycles. The monoisotopic (exact) mass is 251 g/mol. The number of para-hydroxylation sites is 2. The number of benzene rings is 2. The Labute approximate surface area is 114 Å². The molecule has 1 aromatic heterocycles. The molecule has 2 atom stereocenters. The number of nitrogens with zero attached hydrogens (tertiary/aromatic N) is 1. The average Bonchev–Trinajstić information content (AvgIpc) is 2.80. The van der Waals surface area contributed by atoms with Crippen molar-refractivity contribution in [1.29, 1.82) is 0 Å². The fraction of sp³-hybridized carbons (Fsp3) is 0.333. The van der Waals surface area contributed by atoms with Crippen molar-refractivity contribution < 1.29 is 0 Å². The van der Waals surface area contributed by atoms with Crippen molar-refractivity contribution in [1.82, 2.24) is 4.57 Å². The Kier molecular flexibility index (Phi) is 3.06. The lowest BCUT2D eigenvalue weighted by molar-refractivity contribution is 0.386. The highest BCUT2D eigenvalue weighted by atomic mass is 15.0. The maximum Gasteiger partial charge on any atom is 0.0493 e. The summed E-state index contributed by atoms with van der Waals surface area (Å²) in [6.45, 7) is 6.95. The van der Waals surface area contributed by atoms with E-state index in [4.69, 9.17) is 0 Å². The van der Waals surface area contributed by atoms with E-state index in [0.29, 0.717) is 12.0 Å². The number of rotatable bonds is 3. The van der Waals surface area contributed by atoms with Crippen LogP contribution in [0.5, 0.6) is 0 Å². The van der Waals surface area contributed by atoms with Gasteiger partial charge in [-0.2, -0.15) is 0 Å². The molecule has 0 N–H and O–H groups in total. The summed E-state index contributed by atoms with van der Waals surface area (Å²) in [6.07, 6.45) is 1.21. The Balaban J connectivity index is 2.36. The predicted molar refractivity (Wildman–Crippen MR) is 83.6 cm³/mol. The Hall–Kier alpha value is -1.76. The van der Waals surface area contributed by atoms with Crippen LogP contribution in [0.2, 0.25) is 0 Å². The van der Waals surface area contributed by atoms with Crippen LogP contribution in [0.25, 0.3) is 21.8 Å². The summed E-state index contributed by atoms with van der Waals surface area (Å²) >= 11 is 0. The first-order valence-electron chi connectivity index (χ1n) is 7.21. The van der Waals surface area contributed by atoms with E-state index < -0.39 is 0 Å². The standard InChI is InChI=1S/C18H21N/c1-4-13(2)14(3)19-17-11-7-5-9-15(17)16-10-6-8-12-18(16)19/h5-14H,4H2,1-3H3. The van der Waals surface area contributed by atoms with Gasteiger partial charge in [-0.15, -0.1) is 0 Å². The normalized spacial score (nSPS) is 14.9. The van der Waals surface area contributed by atoms with Crippen molar-refractivity contribution in [2.75, 3.05) is 0 Å². The van der Waals surface area contributed by atoms with Crippen molar-refractivity contribution in [2.24, 2.45) is 5.92 Å². The summed E-state index contributed by atoms with van der Waals surface area (Å²) in [7, 11) is 0. The minimum Gasteiger partial charge on any atom is -0.337 e. The molecular formula is C18H21N. The van der Waals surface area contributed by atoms with E-state index >= 15 is 0 Å². The van der Waals surface area contributed by atoms with E-state index in [1.807, 2.05) is 0 Å². The van der Waals surface area contributed by atoms with Gasteiger partial charge in [0.05, 0.1) is 0 Å². The molecule has 0 bridgehead atoms. The second-order valence-corrected chi connectivity index (χ2v) is 5.53. The van der Waals surface area contributed by atoms with Crippen LogP contribution in [0.15, 0.2) is 48.5 Å². The van der Waals surface area contributed by atoms with Gasteiger partial charge >= 0.3 is 0 Å². The Morgan fingerprint density at radius 1 is 0.842 bits per heavy atom. The van der Waals surface area contributed by atoms with Gasteiger partial charge in [-0.1, -0.05) is 56.7 Å². The highest BCUT2D eigenvalue weighted by Crippen LogP contribution is 2.34. The van der Waals surface area contributed by atoms with Crippen molar-refractivity contribution >= 4 is 21.8 Å². The molecule has 0 saturated heterocycles. The Bertz CT molecular complexity index is 655. The number of aromatic nitrogens is 1. The van der Waals surface area contributed by atoms with E-state index in [-0.39, 0.29) is 0 Å². The minimum atomic E-state index is 0.523. The van der Waals surface area contributed by atoms with Crippen molar-refractivity contribution in [3.63, 3.8) is 0 Å². The molecule has 3 aromatic rings. The first-order valence-corrected chi connectivity index (χ1v) is 7.21. The van der Waals surface area contributed by atoms with E-state index in [2.05, 4.69) is 73.9 Å². The fourth-order valence-electron chi connectivity index (χ4n) is 2.99. The van der Waals surface area contributed by atoms with Crippen LogP contribution in [0.3, 0.4) is 0 Å². The molecule has 2 unspecified atom stereocenters. The molecule has 19 heavy (non-hydrogen) atoms. The fourth-order valence-corrected chi connectivity index (χ4v) is 2.99. The van der Waals surface area contributed by atoms with Gasteiger partial charge in [0, 0.05) is 27.8 Å². The molecule has 1 nitrogen and oxygen atoms in total. The molecule has 2 aromatic carbocycles. The van der Waals surface area contributed by atoms with Gasteiger partial charge in [-0.25, -0.2) is 0 Å². The molecule has 3 rings (SSSR count). The summed E-state index contributed by atoms with van der Waals surface area (Å²) in [5.74, 6) is 0.680. The molecule has 1 heterocycles. The van der Waals surface area contributed by atoms with Crippen LogP contribution in [0.4, 0.5) is 0 Å². The third kappa shape index (κ3) is 1.85. The largest absolute Gasteiger partial charge is 0.337 e. The third-order valence-electron chi connectivity index (χ3n) is 4.49. The van der Waals surface area contributed by atoms with E-state index in [1.54, 1.807) is 0 Å². The number of hydrogen-bond acceptors (Lipinski definition) is 0. The van der Waals surface area contributed by atoms with Crippen LogP contribution in [-0.4, -0.2) is 4.57 Å². The maximum atomic E-state index is 2.51. The van der Waals surface area contributed by atoms with Crippen molar-refractivity contribution in [3.05, 3.63) is 48.5 Å². The number of hydrogen-bond donors (Lipinski definition) is 0. The van der Waals surface area contributed by atoms with Crippen LogP contribution in [-0.2, 0) is 0 Å². The molecule has 0 spiro atoms. The van der Waals surface area contributed by atoms with Crippen LogP contribution in [0.1, 0.15) is 33.2 Å². The first-order chi connectivity index (χ1) is 9.24. The minimum absolute atomic E-state index is 0.523. The Morgan fingerprint density at radius 3 is 1.79 bits per heavy atom. The Morgan fingerprint density at radius 2 is 1.32 bits per heavy atom. The zero-order chi connectivity index (χ0) is 13.4. The number of fused-ring (bicyclic) bond motifs is 3. The maximum absolute atomic E-state index is 2.51. The molecule has 0 amide bonds. The van der Waals surface area contributed by atoms with Gasteiger partial charge in [-0.05, 0) is 25.0 Å². The SMILES string of the molecule is CCC(C)C(C)n1c2ccccc2c2ccccc21. The summed E-state index contributed by atoms with van der Waals surface area (Å²) in [4.78, 5) is 0. The molecule has 0 aliphatic carbocycles. The highest BCUT2D eigenvalue weighted by Gasteiger charge is 2.18. The zero-order valence-electron chi connectivity index (χ0n) is 11.9. The van der Waals surface area contributed by atoms with Gasteiger partial charge < -0.3 is 4.57 Å². The molecule has 0 aliphatic rings. The lowest BCUT2D eigenvalue weighted by atomic mass is 10.0. The topological polar surface area (TPSA) is 4.93 Å². The summed E-state index contributed by atoms with van der Waals surface area (Å²) in [5.41, 5.74) is 2.72. The lowest BCUT2D eigenvalue weighted by Gasteiger charge is -2.22. The van der Waals surface area contributed by atoms with Gasteiger partial charge in [0.2, 0.25) is 0 Å². The molecule has 1 heteroatoms. The van der Waals surface area contributed by atoms with Gasteiger partial charge in [0.1, 0.15) is 0 Å². The van der Waals surface area contributed by atoms with E-state index in [0.717, 1.165) is 0 Å². The summed E-state index contributed by atoms with van der Waals surface area (Å²) < 4.78 is 2.51. The smallest absolute Gasteiger partial charge is 0.0493 e. The molecule has 0 fully saturated rings. The first kappa shape index (κ1) is 12.3. The molecule has 0 radical (unpaired) electrons. The molecule has 0 saturated carbocycles. The zero-order valence-corrected chi connectivity index (χ0v) is 11.9. The van der Waals surface area contributed by atoms with E-state index in [9.17, 15) is 0 Å². The summed E-state index contributed by atoms with van der Waals surface area (Å²) in [6, 6.07) is 18.0. The highest BCUT2D eigenvalue weighted by molar-refractivity contribution is 6.08. The average molecular weight is 251 g/mol. The summed E-state index contributed by atoms with van der Waals surface area (Å²) in [5, 5.41) is 2.74. The second kappa shape index (κ2) is 4.73. The third-order valence-corrected chi connectivity index (χ3v) is 4.49. The molecule has 98 valence electrons.